The molecule has 5 nitrogen and oxygen atoms in total. The van der Waals surface area contributed by atoms with E-state index in [1.807, 2.05) is 88.4 Å². The van der Waals surface area contributed by atoms with E-state index in [0.29, 0.717) is 17.7 Å². The molecule has 0 radical (unpaired) electrons. The topological polar surface area (TPSA) is 64.6 Å². The minimum atomic E-state index is -1.45. The van der Waals surface area contributed by atoms with Crippen molar-refractivity contribution in [2.75, 3.05) is 6.61 Å². The summed E-state index contributed by atoms with van der Waals surface area (Å²) in [4.78, 5) is 25.8. The molecule has 1 atom stereocenters. The molecule has 0 aliphatic rings. The number of carbonyl (C=O) groups excluding carboxylic acids is 2. The molecule has 28 heavy (non-hydrogen) atoms. The van der Waals surface area contributed by atoms with Crippen LogP contribution < -0.4 is 5.32 Å². The average Bonchev–Trinajstić information content (AvgIpc) is 2.66. The molecule has 0 spiro atoms. The Balaban J connectivity index is 2.44. The van der Waals surface area contributed by atoms with E-state index in [0.717, 1.165) is 0 Å². The third kappa shape index (κ3) is 4.98. The van der Waals surface area contributed by atoms with Gasteiger partial charge in [0.25, 0.3) is 5.91 Å². The van der Waals surface area contributed by atoms with Gasteiger partial charge in [0.05, 0.1) is 0 Å². The van der Waals surface area contributed by atoms with Crippen molar-refractivity contribution in [1.29, 1.82) is 0 Å². The van der Waals surface area contributed by atoms with Crippen LogP contribution in [0.3, 0.4) is 0 Å². The van der Waals surface area contributed by atoms with Gasteiger partial charge in [0.1, 0.15) is 0 Å². The summed E-state index contributed by atoms with van der Waals surface area (Å²) in [5, 5.41) is 2.83. The molecule has 2 rings (SSSR count). The Kier molecular flexibility index (Phi) is 6.97. The molecule has 0 saturated carbocycles. The lowest BCUT2D eigenvalue weighted by Crippen LogP contribution is -2.49. The van der Waals surface area contributed by atoms with Crippen molar-refractivity contribution in [3.63, 3.8) is 0 Å². The van der Waals surface area contributed by atoms with Gasteiger partial charge in [-0.3, -0.25) is 4.79 Å². The van der Waals surface area contributed by atoms with Gasteiger partial charge in [-0.1, -0.05) is 60.7 Å². The van der Waals surface area contributed by atoms with Gasteiger partial charge in [0.15, 0.2) is 6.10 Å². The van der Waals surface area contributed by atoms with Gasteiger partial charge >= 0.3 is 5.97 Å². The summed E-state index contributed by atoms with van der Waals surface area (Å²) in [6.45, 7) is 9.30. The van der Waals surface area contributed by atoms with Crippen LogP contribution in [0.2, 0.25) is 0 Å². The number of esters is 1. The zero-order chi connectivity index (χ0) is 20.8. The number of ether oxygens (including phenoxy) is 2. The Labute approximate surface area is 167 Å². The number of carbonyl (C=O) groups is 2. The first-order chi connectivity index (χ1) is 13.2. The number of nitrogens with one attached hydrogen (secondary N) is 1. The zero-order valence-electron chi connectivity index (χ0n) is 17.2. The average molecular weight is 383 g/mol. The molecule has 0 fully saturated rings. The molecule has 0 unspecified atom stereocenters. The van der Waals surface area contributed by atoms with Crippen LogP contribution in [0.4, 0.5) is 0 Å². The fraction of sp³-hybridized carbons (Fsp3) is 0.391. The predicted molar refractivity (Wildman–Crippen MR) is 109 cm³/mol. The summed E-state index contributed by atoms with van der Waals surface area (Å²) >= 11 is 0. The van der Waals surface area contributed by atoms with Crippen molar-refractivity contribution in [2.24, 2.45) is 0 Å². The maximum Gasteiger partial charge on any atom is 0.348 e. The Morgan fingerprint density at radius 3 is 1.79 bits per heavy atom. The Morgan fingerprint density at radius 2 is 1.39 bits per heavy atom. The molecular weight excluding hydrogens is 354 g/mol. The molecule has 1 amide bonds. The van der Waals surface area contributed by atoms with Crippen LogP contribution in [0.25, 0.3) is 0 Å². The molecule has 0 aromatic heterocycles. The fourth-order valence-corrected chi connectivity index (χ4v) is 2.96. The lowest BCUT2D eigenvalue weighted by molar-refractivity contribution is -0.176. The van der Waals surface area contributed by atoms with E-state index in [-0.39, 0.29) is 5.91 Å². The summed E-state index contributed by atoms with van der Waals surface area (Å²) in [7, 11) is 0. The molecule has 2 aromatic carbocycles. The fourth-order valence-electron chi connectivity index (χ4n) is 2.96. The first-order valence-electron chi connectivity index (χ1n) is 9.49. The number of hydrogen-bond acceptors (Lipinski definition) is 4. The van der Waals surface area contributed by atoms with E-state index < -0.39 is 23.2 Å². The van der Waals surface area contributed by atoms with Gasteiger partial charge in [0.2, 0.25) is 5.60 Å². The monoisotopic (exact) mass is 383 g/mol. The van der Waals surface area contributed by atoms with Gasteiger partial charge in [-0.2, -0.15) is 0 Å². The van der Waals surface area contributed by atoms with Crippen molar-refractivity contribution in [3.8, 4) is 0 Å². The molecule has 2 aromatic rings. The normalized spacial score (nSPS) is 12.9. The first-order valence-corrected chi connectivity index (χ1v) is 9.49. The second-order valence-electron chi connectivity index (χ2n) is 7.63. The largest absolute Gasteiger partial charge is 0.450 e. The third-order valence-corrected chi connectivity index (χ3v) is 4.16. The third-order valence-electron chi connectivity index (χ3n) is 4.16. The van der Waals surface area contributed by atoms with Crippen molar-refractivity contribution in [3.05, 3.63) is 71.8 Å². The standard InChI is InChI=1S/C23H29NO4/c1-6-27-23(18-13-9-7-10-14-18,19-15-11-8-12-16-19)21(26)28-17(2)20(25)24-22(3,4)5/h7-17H,6H2,1-5H3,(H,24,25)/t17-/m0/s1. The lowest BCUT2D eigenvalue weighted by atomic mass is 9.86. The smallest absolute Gasteiger partial charge is 0.348 e. The number of amides is 1. The van der Waals surface area contributed by atoms with Crippen LogP contribution in [0.15, 0.2) is 60.7 Å². The Morgan fingerprint density at radius 1 is 0.929 bits per heavy atom. The zero-order valence-corrected chi connectivity index (χ0v) is 17.2. The number of hydrogen-bond donors (Lipinski definition) is 1. The highest BCUT2D eigenvalue weighted by Gasteiger charge is 2.46. The molecule has 0 heterocycles. The molecule has 0 aliphatic heterocycles. The summed E-state index contributed by atoms with van der Waals surface area (Å²) in [6.07, 6.45) is -0.959. The highest BCUT2D eigenvalue weighted by Crippen LogP contribution is 2.35. The molecular formula is C23H29NO4. The van der Waals surface area contributed by atoms with Crippen LogP contribution >= 0.6 is 0 Å². The van der Waals surface area contributed by atoms with Gasteiger partial charge in [-0.15, -0.1) is 0 Å². The summed E-state index contributed by atoms with van der Waals surface area (Å²) in [5.41, 5.74) is -0.575. The summed E-state index contributed by atoms with van der Waals surface area (Å²) in [5.74, 6) is -0.976. The van der Waals surface area contributed by atoms with E-state index in [1.54, 1.807) is 6.92 Å². The highest BCUT2D eigenvalue weighted by atomic mass is 16.6. The number of rotatable bonds is 7. The van der Waals surface area contributed by atoms with Crippen LogP contribution in [0.1, 0.15) is 45.7 Å². The number of benzene rings is 2. The first kappa shape index (κ1) is 21.6. The molecule has 0 saturated heterocycles. The Hall–Kier alpha value is -2.66. The minimum absolute atomic E-state index is 0.293. The second-order valence-corrected chi connectivity index (χ2v) is 7.63. The molecule has 1 N–H and O–H groups in total. The molecule has 5 heteroatoms. The van der Waals surface area contributed by atoms with Crippen LogP contribution in [-0.2, 0) is 24.7 Å². The van der Waals surface area contributed by atoms with Crippen molar-refractivity contribution in [2.45, 2.75) is 51.9 Å². The maximum absolute atomic E-state index is 13.4. The van der Waals surface area contributed by atoms with Crippen LogP contribution in [0, 0.1) is 0 Å². The SMILES string of the molecule is CCOC(C(=O)O[C@@H](C)C(=O)NC(C)(C)C)(c1ccccc1)c1ccccc1. The van der Waals surface area contributed by atoms with E-state index in [2.05, 4.69) is 5.32 Å². The van der Waals surface area contributed by atoms with E-state index >= 15 is 0 Å². The maximum atomic E-state index is 13.4. The molecule has 0 aliphatic carbocycles. The minimum Gasteiger partial charge on any atom is -0.450 e. The van der Waals surface area contributed by atoms with Gasteiger partial charge < -0.3 is 14.8 Å². The quantitative estimate of drug-likeness (QED) is 0.739. The van der Waals surface area contributed by atoms with Gasteiger partial charge in [0, 0.05) is 12.1 Å². The van der Waals surface area contributed by atoms with Crippen LogP contribution in [0.5, 0.6) is 0 Å². The second kappa shape index (κ2) is 9.02. The Bertz CT molecular complexity index is 742. The summed E-state index contributed by atoms with van der Waals surface area (Å²) < 4.78 is 11.6. The van der Waals surface area contributed by atoms with Crippen molar-refractivity contribution < 1.29 is 19.1 Å². The van der Waals surface area contributed by atoms with Gasteiger partial charge in [-0.05, 0) is 45.7 Å². The molecule has 0 bridgehead atoms. The van der Waals surface area contributed by atoms with E-state index in [9.17, 15) is 9.59 Å². The van der Waals surface area contributed by atoms with Crippen LogP contribution in [-0.4, -0.2) is 30.1 Å². The van der Waals surface area contributed by atoms with E-state index in [1.165, 1.54) is 0 Å². The molecule has 150 valence electrons. The summed E-state index contributed by atoms with van der Waals surface area (Å²) in [6, 6.07) is 18.4. The lowest BCUT2D eigenvalue weighted by Gasteiger charge is -2.33. The van der Waals surface area contributed by atoms with Crippen molar-refractivity contribution >= 4 is 11.9 Å². The van der Waals surface area contributed by atoms with E-state index in [4.69, 9.17) is 9.47 Å². The highest BCUT2D eigenvalue weighted by molar-refractivity contribution is 5.89. The van der Waals surface area contributed by atoms with Gasteiger partial charge in [-0.25, -0.2) is 4.79 Å². The predicted octanol–water partition coefficient (Wildman–Crippen LogP) is 3.81. The van der Waals surface area contributed by atoms with Crippen molar-refractivity contribution in [1.82, 2.24) is 5.32 Å².